The number of methoxy groups -OCH3 is 1. The third-order valence-electron chi connectivity index (χ3n) is 3.32. The van der Waals surface area contributed by atoms with Crippen molar-refractivity contribution in [2.45, 2.75) is 25.6 Å². The summed E-state index contributed by atoms with van der Waals surface area (Å²) in [5.74, 6) is 0.0419. The van der Waals surface area contributed by atoms with Gasteiger partial charge in [-0.25, -0.2) is 0 Å². The molecule has 1 aromatic rings. The zero-order chi connectivity index (χ0) is 14.2. The molecule has 1 aromatic carbocycles. The summed E-state index contributed by atoms with van der Waals surface area (Å²) in [6.07, 6.45) is 0.451. The van der Waals surface area contributed by atoms with Crippen LogP contribution >= 0.6 is 12.4 Å². The van der Waals surface area contributed by atoms with Gasteiger partial charge in [-0.05, 0) is 11.1 Å². The summed E-state index contributed by atoms with van der Waals surface area (Å²) >= 11 is 0. The Morgan fingerprint density at radius 2 is 2.19 bits per heavy atom. The van der Waals surface area contributed by atoms with Gasteiger partial charge >= 0.3 is 0 Å². The van der Waals surface area contributed by atoms with Gasteiger partial charge in [-0.1, -0.05) is 24.3 Å². The van der Waals surface area contributed by atoms with E-state index < -0.39 is 0 Å². The van der Waals surface area contributed by atoms with Gasteiger partial charge < -0.3 is 20.1 Å². The molecule has 0 aliphatic carbocycles. The van der Waals surface area contributed by atoms with E-state index in [1.165, 1.54) is 0 Å². The van der Waals surface area contributed by atoms with Crippen molar-refractivity contribution in [1.29, 1.82) is 0 Å². The Balaban J connectivity index is 0.00000220. The smallest absolute Gasteiger partial charge is 0.221 e. The highest BCUT2D eigenvalue weighted by molar-refractivity contribution is 5.85. The maximum atomic E-state index is 11.9. The van der Waals surface area contributed by atoms with E-state index in [9.17, 15) is 4.79 Å². The van der Waals surface area contributed by atoms with Crippen molar-refractivity contribution in [3.05, 3.63) is 35.4 Å². The van der Waals surface area contributed by atoms with E-state index in [0.29, 0.717) is 26.2 Å². The molecular formula is C15H23ClN2O3. The van der Waals surface area contributed by atoms with Crippen LogP contribution in [-0.2, 0) is 27.4 Å². The van der Waals surface area contributed by atoms with Crippen LogP contribution in [0.1, 0.15) is 17.5 Å². The molecule has 1 unspecified atom stereocenters. The Morgan fingerprint density at radius 3 is 2.86 bits per heavy atom. The second-order valence-corrected chi connectivity index (χ2v) is 4.91. The number of morpholine rings is 1. The van der Waals surface area contributed by atoms with Crippen LogP contribution in [0.2, 0.25) is 0 Å². The minimum absolute atomic E-state index is 0. The third kappa shape index (κ3) is 6.01. The summed E-state index contributed by atoms with van der Waals surface area (Å²) in [5.41, 5.74) is 2.20. The highest BCUT2D eigenvalue weighted by atomic mass is 35.5. The van der Waals surface area contributed by atoms with E-state index in [0.717, 1.165) is 24.3 Å². The van der Waals surface area contributed by atoms with Crippen LogP contribution in [0.15, 0.2) is 24.3 Å². The van der Waals surface area contributed by atoms with Crippen LogP contribution in [0.5, 0.6) is 0 Å². The number of benzene rings is 1. The van der Waals surface area contributed by atoms with E-state index in [1.54, 1.807) is 7.11 Å². The van der Waals surface area contributed by atoms with Crippen LogP contribution in [0.3, 0.4) is 0 Å². The Hall–Kier alpha value is -1.14. The number of carbonyl (C=O) groups excluding carboxylic acids is 1. The van der Waals surface area contributed by atoms with Gasteiger partial charge in [0, 0.05) is 32.7 Å². The van der Waals surface area contributed by atoms with Gasteiger partial charge in [0.25, 0.3) is 0 Å². The molecule has 5 nitrogen and oxygen atoms in total. The van der Waals surface area contributed by atoms with Crippen molar-refractivity contribution in [2.24, 2.45) is 0 Å². The number of carbonyl (C=O) groups is 1. The summed E-state index contributed by atoms with van der Waals surface area (Å²) in [6, 6.07) is 8.09. The second-order valence-electron chi connectivity index (χ2n) is 4.91. The SMILES string of the molecule is COCc1ccccc1CNC(=O)CC1COCCN1.Cl. The number of nitrogens with one attached hydrogen (secondary N) is 2. The molecular weight excluding hydrogens is 292 g/mol. The standard InChI is InChI=1S/C15H22N2O3.ClH/c1-19-10-13-5-3-2-4-12(13)9-17-15(18)8-14-11-20-7-6-16-14;/h2-5,14,16H,6-11H2,1H3,(H,17,18);1H. The summed E-state index contributed by atoms with van der Waals surface area (Å²) < 4.78 is 10.5. The summed E-state index contributed by atoms with van der Waals surface area (Å²) in [4.78, 5) is 11.9. The summed E-state index contributed by atoms with van der Waals surface area (Å²) in [6.45, 7) is 3.24. The Morgan fingerprint density at radius 1 is 1.43 bits per heavy atom. The van der Waals surface area contributed by atoms with Gasteiger partial charge in [0.15, 0.2) is 0 Å². The normalized spacial score (nSPS) is 17.9. The molecule has 2 rings (SSSR count). The average molecular weight is 315 g/mol. The van der Waals surface area contributed by atoms with E-state index in [4.69, 9.17) is 9.47 Å². The van der Waals surface area contributed by atoms with Gasteiger partial charge in [-0.2, -0.15) is 0 Å². The van der Waals surface area contributed by atoms with Crippen LogP contribution in [-0.4, -0.2) is 38.8 Å². The van der Waals surface area contributed by atoms with Crippen molar-refractivity contribution in [2.75, 3.05) is 26.9 Å². The van der Waals surface area contributed by atoms with Crippen molar-refractivity contribution in [3.63, 3.8) is 0 Å². The maximum absolute atomic E-state index is 11.9. The predicted octanol–water partition coefficient (Wildman–Crippen LogP) is 1.25. The third-order valence-corrected chi connectivity index (χ3v) is 3.32. The molecule has 0 radical (unpaired) electrons. The quantitative estimate of drug-likeness (QED) is 0.829. The molecule has 0 saturated carbocycles. The number of hydrogen-bond acceptors (Lipinski definition) is 4. The molecule has 118 valence electrons. The lowest BCUT2D eigenvalue weighted by Crippen LogP contribution is -2.44. The average Bonchev–Trinajstić information content (AvgIpc) is 2.48. The molecule has 1 aliphatic rings. The minimum Gasteiger partial charge on any atom is -0.380 e. The van der Waals surface area contributed by atoms with E-state index in [1.807, 2.05) is 24.3 Å². The Labute approximate surface area is 131 Å². The lowest BCUT2D eigenvalue weighted by molar-refractivity contribution is -0.122. The molecule has 1 atom stereocenters. The molecule has 6 heteroatoms. The van der Waals surface area contributed by atoms with Gasteiger partial charge in [-0.3, -0.25) is 4.79 Å². The molecule has 1 fully saturated rings. The van der Waals surface area contributed by atoms with Crippen LogP contribution in [0.25, 0.3) is 0 Å². The highest BCUT2D eigenvalue weighted by Gasteiger charge is 2.16. The lowest BCUT2D eigenvalue weighted by atomic mass is 10.1. The Kier molecular flexibility index (Phi) is 8.30. The minimum atomic E-state index is 0. The topological polar surface area (TPSA) is 59.6 Å². The van der Waals surface area contributed by atoms with E-state index in [-0.39, 0.29) is 24.4 Å². The molecule has 21 heavy (non-hydrogen) atoms. The fraction of sp³-hybridized carbons (Fsp3) is 0.533. The lowest BCUT2D eigenvalue weighted by Gasteiger charge is -2.23. The fourth-order valence-corrected chi connectivity index (χ4v) is 2.27. The number of ether oxygens (including phenoxy) is 2. The van der Waals surface area contributed by atoms with E-state index >= 15 is 0 Å². The zero-order valence-electron chi connectivity index (χ0n) is 12.3. The molecule has 2 N–H and O–H groups in total. The zero-order valence-corrected chi connectivity index (χ0v) is 13.1. The van der Waals surface area contributed by atoms with Crippen LogP contribution < -0.4 is 10.6 Å². The molecule has 1 aliphatic heterocycles. The first-order valence-corrected chi connectivity index (χ1v) is 6.93. The number of hydrogen-bond donors (Lipinski definition) is 2. The van der Waals surface area contributed by atoms with Crippen molar-refractivity contribution in [1.82, 2.24) is 10.6 Å². The number of rotatable bonds is 6. The first-order valence-electron chi connectivity index (χ1n) is 6.93. The van der Waals surface area contributed by atoms with Gasteiger partial charge in [0.1, 0.15) is 0 Å². The number of halogens is 1. The largest absolute Gasteiger partial charge is 0.380 e. The maximum Gasteiger partial charge on any atom is 0.221 e. The molecule has 1 heterocycles. The van der Waals surface area contributed by atoms with Crippen molar-refractivity contribution < 1.29 is 14.3 Å². The van der Waals surface area contributed by atoms with Gasteiger partial charge in [-0.15, -0.1) is 12.4 Å². The first kappa shape index (κ1) is 17.9. The fourth-order valence-electron chi connectivity index (χ4n) is 2.27. The number of amides is 1. The van der Waals surface area contributed by atoms with Gasteiger partial charge in [0.2, 0.25) is 5.91 Å². The molecule has 0 spiro atoms. The summed E-state index contributed by atoms with van der Waals surface area (Å²) in [7, 11) is 1.67. The molecule has 0 bridgehead atoms. The van der Waals surface area contributed by atoms with Crippen molar-refractivity contribution >= 4 is 18.3 Å². The second kappa shape index (κ2) is 9.73. The van der Waals surface area contributed by atoms with Crippen LogP contribution in [0.4, 0.5) is 0 Å². The van der Waals surface area contributed by atoms with Crippen molar-refractivity contribution in [3.8, 4) is 0 Å². The molecule has 1 saturated heterocycles. The Bertz CT molecular complexity index is 437. The molecule has 0 aromatic heterocycles. The van der Waals surface area contributed by atoms with E-state index in [2.05, 4.69) is 10.6 Å². The first-order chi connectivity index (χ1) is 9.79. The summed E-state index contributed by atoms with van der Waals surface area (Å²) in [5, 5.41) is 6.23. The van der Waals surface area contributed by atoms with Gasteiger partial charge in [0.05, 0.1) is 19.8 Å². The van der Waals surface area contributed by atoms with Crippen LogP contribution in [0, 0.1) is 0 Å². The molecule has 1 amide bonds. The monoisotopic (exact) mass is 314 g/mol. The predicted molar refractivity (Wildman–Crippen MR) is 83.5 cm³/mol. The highest BCUT2D eigenvalue weighted by Crippen LogP contribution is 2.09.